The van der Waals surface area contributed by atoms with E-state index in [0.29, 0.717) is 18.9 Å². The summed E-state index contributed by atoms with van der Waals surface area (Å²) in [5.41, 5.74) is -0.0807. The maximum atomic E-state index is 12.5. The van der Waals surface area contributed by atoms with Crippen LogP contribution in [0, 0.1) is 5.92 Å². The molecule has 1 amide bonds. The Hall–Kier alpha value is -1.59. The summed E-state index contributed by atoms with van der Waals surface area (Å²) in [6.07, 6.45) is 1.65. The highest BCUT2D eigenvalue weighted by atomic mass is 16.5. The minimum atomic E-state index is -0.824. The second kappa shape index (κ2) is 9.64. The topological polar surface area (TPSA) is 50.8 Å². The van der Waals surface area contributed by atoms with Crippen LogP contribution in [0.25, 0.3) is 0 Å². The van der Waals surface area contributed by atoms with Crippen LogP contribution in [0.1, 0.15) is 33.6 Å². The first-order chi connectivity index (χ1) is 11.3. The highest BCUT2D eigenvalue weighted by molar-refractivity contribution is 5.97. The van der Waals surface area contributed by atoms with Crippen molar-refractivity contribution in [1.29, 1.82) is 0 Å². The first-order valence-corrected chi connectivity index (χ1v) is 8.51. The van der Waals surface area contributed by atoms with Crippen LogP contribution in [0.2, 0.25) is 0 Å². The molecular formula is C19H32N2O3. The Balaban J connectivity index is 2.55. The number of hydrogen-bond donors (Lipinski definition) is 1. The molecule has 0 aliphatic carbocycles. The first-order valence-electron chi connectivity index (χ1n) is 8.51. The largest absolute Gasteiger partial charge is 0.494 e. The Morgan fingerprint density at radius 2 is 1.88 bits per heavy atom. The fourth-order valence-corrected chi connectivity index (χ4v) is 2.52. The lowest BCUT2D eigenvalue weighted by Gasteiger charge is -2.28. The molecule has 0 heterocycles. The number of carbonyl (C=O) groups is 1. The molecule has 1 aromatic rings. The monoisotopic (exact) mass is 336 g/mol. The molecule has 0 saturated heterocycles. The van der Waals surface area contributed by atoms with Gasteiger partial charge in [-0.2, -0.15) is 0 Å². The molecule has 0 aliphatic heterocycles. The quantitative estimate of drug-likeness (QED) is 0.665. The molecule has 0 unspecified atom stereocenters. The maximum Gasteiger partial charge on any atom is 0.256 e. The van der Waals surface area contributed by atoms with Crippen molar-refractivity contribution in [2.24, 2.45) is 5.92 Å². The molecule has 1 rings (SSSR count). The third kappa shape index (κ3) is 6.89. The molecule has 24 heavy (non-hydrogen) atoms. The number of rotatable bonds is 10. The molecule has 0 bridgehead atoms. The highest BCUT2D eigenvalue weighted by Crippen LogP contribution is 2.23. The Bertz CT molecular complexity index is 500. The minimum absolute atomic E-state index is 0.127. The lowest BCUT2D eigenvalue weighted by atomic mass is 9.93. The van der Waals surface area contributed by atoms with E-state index in [1.54, 1.807) is 7.11 Å². The number of ether oxygens (including phenoxy) is 2. The third-order valence-corrected chi connectivity index (χ3v) is 3.86. The summed E-state index contributed by atoms with van der Waals surface area (Å²) in [6, 6.07) is 7.45. The SMILES string of the molecule is CO[C@@](C)(CC(C)C)C(=O)Nc1ccc(OCCCN(C)C)cc1. The van der Waals surface area contributed by atoms with Gasteiger partial charge in [0.05, 0.1) is 6.61 Å². The first kappa shape index (κ1) is 20.5. The van der Waals surface area contributed by atoms with Gasteiger partial charge in [0.2, 0.25) is 0 Å². The average Bonchev–Trinajstić information content (AvgIpc) is 2.52. The number of hydrogen-bond acceptors (Lipinski definition) is 4. The second-order valence-electron chi connectivity index (χ2n) is 7.02. The van der Waals surface area contributed by atoms with Crippen molar-refractivity contribution in [1.82, 2.24) is 4.90 Å². The second-order valence-corrected chi connectivity index (χ2v) is 7.02. The molecule has 5 nitrogen and oxygen atoms in total. The van der Waals surface area contributed by atoms with E-state index in [2.05, 4.69) is 24.1 Å². The predicted molar refractivity (Wildman–Crippen MR) is 98.6 cm³/mol. The molecule has 1 atom stereocenters. The van der Waals surface area contributed by atoms with Gasteiger partial charge >= 0.3 is 0 Å². The van der Waals surface area contributed by atoms with Crippen molar-refractivity contribution in [2.45, 2.75) is 39.2 Å². The standard InChI is InChI=1S/C19H32N2O3/c1-15(2)14-19(3,23-6)18(22)20-16-8-10-17(11-9-16)24-13-7-12-21(4)5/h8-11,15H,7,12-14H2,1-6H3,(H,20,22)/t19-/m0/s1. The van der Waals surface area contributed by atoms with Crippen LogP contribution in [-0.4, -0.2) is 50.8 Å². The van der Waals surface area contributed by atoms with E-state index >= 15 is 0 Å². The van der Waals surface area contributed by atoms with E-state index in [0.717, 1.165) is 24.4 Å². The summed E-state index contributed by atoms with van der Waals surface area (Å²) in [5, 5.41) is 2.92. The van der Waals surface area contributed by atoms with Crippen LogP contribution < -0.4 is 10.1 Å². The Morgan fingerprint density at radius 3 is 2.38 bits per heavy atom. The number of nitrogens with one attached hydrogen (secondary N) is 1. The number of methoxy groups -OCH3 is 1. The van der Waals surface area contributed by atoms with Gasteiger partial charge in [-0.15, -0.1) is 0 Å². The zero-order valence-electron chi connectivity index (χ0n) is 15.9. The van der Waals surface area contributed by atoms with Crippen molar-refractivity contribution >= 4 is 11.6 Å². The summed E-state index contributed by atoms with van der Waals surface area (Å²) in [5.74, 6) is 1.06. The van der Waals surface area contributed by atoms with Gasteiger partial charge in [-0.25, -0.2) is 0 Å². The van der Waals surface area contributed by atoms with E-state index in [1.807, 2.05) is 45.3 Å². The number of nitrogens with zero attached hydrogens (tertiary/aromatic N) is 1. The van der Waals surface area contributed by atoms with Crippen molar-refractivity contribution in [3.8, 4) is 5.75 Å². The van der Waals surface area contributed by atoms with Crippen LogP contribution in [0.4, 0.5) is 5.69 Å². The summed E-state index contributed by atoms with van der Waals surface area (Å²) in [4.78, 5) is 14.6. The fourth-order valence-electron chi connectivity index (χ4n) is 2.52. The maximum absolute atomic E-state index is 12.5. The zero-order chi connectivity index (χ0) is 18.2. The smallest absolute Gasteiger partial charge is 0.256 e. The zero-order valence-corrected chi connectivity index (χ0v) is 15.9. The number of carbonyl (C=O) groups excluding carboxylic acids is 1. The Morgan fingerprint density at radius 1 is 1.25 bits per heavy atom. The van der Waals surface area contributed by atoms with Crippen LogP contribution >= 0.6 is 0 Å². The molecule has 1 N–H and O–H groups in total. The molecule has 0 fully saturated rings. The van der Waals surface area contributed by atoms with Gasteiger partial charge in [0.1, 0.15) is 11.4 Å². The molecular weight excluding hydrogens is 304 g/mol. The van der Waals surface area contributed by atoms with Crippen LogP contribution in [0.5, 0.6) is 5.75 Å². The van der Waals surface area contributed by atoms with Crippen molar-refractivity contribution in [3.05, 3.63) is 24.3 Å². The van der Waals surface area contributed by atoms with Gasteiger partial charge in [-0.05, 0) is 64.0 Å². The van der Waals surface area contributed by atoms with Gasteiger partial charge in [-0.3, -0.25) is 4.79 Å². The van der Waals surface area contributed by atoms with Gasteiger partial charge < -0.3 is 19.7 Å². The lowest BCUT2D eigenvalue weighted by molar-refractivity contribution is -0.137. The summed E-state index contributed by atoms with van der Waals surface area (Å²) in [7, 11) is 5.67. The summed E-state index contributed by atoms with van der Waals surface area (Å²) < 4.78 is 11.1. The van der Waals surface area contributed by atoms with E-state index in [9.17, 15) is 4.79 Å². The van der Waals surface area contributed by atoms with E-state index in [1.165, 1.54) is 0 Å². The van der Waals surface area contributed by atoms with Crippen molar-refractivity contribution < 1.29 is 14.3 Å². The summed E-state index contributed by atoms with van der Waals surface area (Å²) >= 11 is 0. The normalized spacial score (nSPS) is 13.8. The highest BCUT2D eigenvalue weighted by Gasteiger charge is 2.33. The van der Waals surface area contributed by atoms with E-state index in [-0.39, 0.29) is 5.91 Å². The molecule has 136 valence electrons. The Kier molecular flexibility index (Phi) is 8.22. The van der Waals surface area contributed by atoms with Gasteiger partial charge in [-0.1, -0.05) is 13.8 Å². The van der Waals surface area contributed by atoms with Gasteiger partial charge in [0.15, 0.2) is 0 Å². The number of amides is 1. The van der Waals surface area contributed by atoms with E-state index < -0.39 is 5.60 Å². The summed E-state index contributed by atoms with van der Waals surface area (Å²) in [6.45, 7) is 7.66. The van der Waals surface area contributed by atoms with Crippen LogP contribution in [0.3, 0.4) is 0 Å². The molecule has 0 aromatic heterocycles. The fraction of sp³-hybridized carbons (Fsp3) is 0.632. The average molecular weight is 336 g/mol. The molecule has 1 aromatic carbocycles. The molecule has 0 saturated carbocycles. The van der Waals surface area contributed by atoms with Gasteiger partial charge in [0.25, 0.3) is 5.91 Å². The molecule has 0 radical (unpaired) electrons. The molecule has 0 spiro atoms. The molecule has 0 aliphatic rings. The number of anilines is 1. The molecule has 5 heteroatoms. The van der Waals surface area contributed by atoms with Crippen LogP contribution in [-0.2, 0) is 9.53 Å². The van der Waals surface area contributed by atoms with Crippen molar-refractivity contribution in [2.75, 3.05) is 39.7 Å². The minimum Gasteiger partial charge on any atom is -0.494 e. The Labute approximate surface area is 146 Å². The third-order valence-electron chi connectivity index (χ3n) is 3.86. The van der Waals surface area contributed by atoms with E-state index in [4.69, 9.17) is 9.47 Å². The lowest BCUT2D eigenvalue weighted by Crippen LogP contribution is -2.43. The predicted octanol–water partition coefficient (Wildman–Crippen LogP) is 3.41. The van der Waals surface area contributed by atoms with Crippen molar-refractivity contribution in [3.63, 3.8) is 0 Å². The van der Waals surface area contributed by atoms with Crippen LogP contribution in [0.15, 0.2) is 24.3 Å². The van der Waals surface area contributed by atoms with Gasteiger partial charge in [0, 0.05) is 19.3 Å². The number of benzene rings is 1.